The Morgan fingerprint density at radius 1 is 1.07 bits per heavy atom. The second-order valence-corrected chi connectivity index (χ2v) is 8.36. The van der Waals surface area contributed by atoms with Crippen LogP contribution in [-0.4, -0.2) is 16.7 Å². The highest BCUT2D eigenvalue weighted by Crippen LogP contribution is 2.43. The number of nitrogens with zero attached hydrogens (tertiary/aromatic N) is 2. The molecule has 0 N–H and O–H groups in total. The number of ketones is 1. The van der Waals surface area contributed by atoms with E-state index in [1.165, 1.54) is 0 Å². The summed E-state index contributed by atoms with van der Waals surface area (Å²) in [5, 5.41) is 0.872. The lowest BCUT2D eigenvalue weighted by atomic mass is 9.77. The first-order chi connectivity index (χ1) is 13.0. The first kappa shape index (κ1) is 18.7. The highest BCUT2D eigenvalue weighted by Gasteiger charge is 2.40. The first-order valence-electron chi connectivity index (χ1n) is 8.61. The average Bonchev–Trinajstić information content (AvgIpc) is 2.64. The second-order valence-electron chi connectivity index (χ2n) is 6.63. The smallest absolute Gasteiger partial charge is 0.233 e. The first-order valence-corrected chi connectivity index (χ1v) is 10.2. The zero-order chi connectivity index (χ0) is 19.1. The Hall–Kier alpha value is -1.69. The van der Waals surface area contributed by atoms with Crippen LogP contribution in [0.15, 0.2) is 52.3 Å². The minimum Gasteiger partial charge on any atom is -0.294 e. The lowest BCUT2D eigenvalue weighted by Gasteiger charge is -2.37. The van der Waals surface area contributed by atoms with Gasteiger partial charge in [-0.15, -0.1) is 0 Å². The number of hydrogen-bond acceptors (Lipinski definition) is 3. The molecule has 2 aliphatic rings. The van der Waals surface area contributed by atoms with Gasteiger partial charge in [-0.2, -0.15) is 0 Å². The number of carbonyl (C=O) groups excluding carboxylic acids is 2. The van der Waals surface area contributed by atoms with Crippen molar-refractivity contribution < 1.29 is 9.59 Å². The standard InChI is InChI=1S/C20H15BrCl2N2O2/c21-12-5-7-18(24-10-12)25-16-2-1-3-17(26)20(16)13(9-19(25)27)11-4-6-14(22)15(23)8-11/h4-8,10,13H,1-3,9H2. The summed E-state index contributed by atoms with van der Waals surface area (Å²) in [7, 11) is 0. The Morgan fingerprint density at radius 2 is 1.89 bits per heavy atom. The average molecular weight is 466 g/mol. The molecule has 2 heterocycles. The van der Waals surface area contributed by atoms with Gasteiger partial charge in [0.2, 0.25) is 5.91 Å². The number of benzene rings is 1. The van der Waals surface area contributed by atoms with E-state index in [1.807, 2.05) is 12.1 Å². The van der Waals surface area contributed by atoms with Gasteiger partial charge in [-0.1, -0.05) is 29.3 Å². The number of amides is 1. The zero-order valence-electron chi connectivity index (χ0n) is 14.2. The van der Waals surface area contributed by atoms with Crippen molar-refractivity contribution in [1.82, 2.24) is 4.98 Å². The normalized spacial score (nSPS) is 20.1. The highest BCUT2D eigenvalue weighted by molar-refractivity contribution is 9.10. The lowest BCUT2D eigenvalue weighted by Crippen LogP contribution is -2.41. The molecule has 1 aliphatic carbocycles. The summed E-state index contributed by atoms with van der Waals surface area (Å²) in [6.07, 6.45) is 3.74. The Balaban J connectivity index is 1.85. The van der Waals surface area contributed by atoms with Crippen molar-refractivity contribution in [2.75, 3.05) is 4.90 Å². The number of Topliss-reactive ketones (excluding diaryl/α,β-unsaturated/α-hetero) is 1. The minimum atomic E-state index is -0.304. The van der Waals surface area contributed by atoms with Crippen molar-refractivity contribution in [3.05, 3.63) is 67.9 Å². The van der Waals surface area contributed by atoms with E-state index >= 15 is 0 Å². The number of pyridine rings is 1. The van der Waals surface area contributed by atoms with Gasteiger partial charge in [0, 0.05) is 40.7 Å². The molecule has 7 heteroatoms. The molecule has 27 heavy (non-hydrogen) atoms. The van der Waals surface area contributed by atoms with Gasteiger partial charge in [0.15, 0.2) is 5.78 Å². The molecular formula is C20H15BrCl2N2O2. The third kappa shape index (κ3) is 3.44. The second kappa shape index (κ2) is 7.38. The van der Waals surface area contributed by atoms with E-state index in [9.17, 15) is 9.59 Å². The summed E-state index contributed by atoms with van der Waals surface area (Å²) in [6.45, 7) is 0. The van der Waals surface area contributed by atoms with Gasteiger partial charge >= 0.3 is 0 Å². The molecule has 138 valence electrons. The van der Waals surface area contributed by atoms with E-state index in [-0.39, 0.29) is 24.0 Å². The van der Waals surface area contributed by atoms with Crippen molar-refractivity contribution in [2.45, 2.75) is 31.6 Å². The van der Waals surface area contributed by atoms with Crippen molar-refractivity contribution in [2.24, 2.45) is 0 Å². The van der Waals surface area contributed by atoms with E-state index in [1.54, 1.807) is 29.3 Å². The largest absolute Gasteiger partial charge is 0.294 e. The van der Waals surface area contributed by atoms with Crippen LogP contribution in [0.2, 0.25) is 10.0 Å². The van der Waals surface area contributed by atoms with Crippen LogP contribution in [0.1, 0.15) is 37.2 Å². The molecule has 1 atom stereocenters. The topological polar surface area (TPSA) is 50.3 Å². The molecule has 1 aromatic heterocycles. The van der Waals surface area contributed by atoms with Gasteiger partial charge < -0.3 is 0 Å². The summed E-state index contributed by atoms with van der Waals surface area (Å²) in [4.78, 5) is 31.8. The Kier molecular flexibility index (Phi) is 5.10. The maximum absolute atomic E-state index is 13.0. The molecule has 1 aliphatic heterocycles. The monoisotopic (exact) mass is 464 g/mol. The molecule has 0 radical (unpaired) electrons. The van der Waals surface area contributed by atoms with Crippen LogP contribution in [0.25, 0.3) is 0 Å². The number of hydrogen-bond donors (Lipinski definition) is 0. The summed E-state index contributed by atoms with van der Waals surface area (Å²) in [6, 6.07) is 8.92. The Morgan fingerprint density at radius 3 is 2.59 bits per heavy atom. The third-order valence-electron chi connectivity index (χ3n) is 4.96. The van der Waals surface area contributed by atoms with E-state index in [4.69, 9.17) is 23.2 Å². The molecule has 1 aromatic carbocycles. The van der Waals surface area contributed by atoms with Gasteiger partial charge in [0.05, 0.1) is 10.0 Å². The van der Waals surface area contributed by atoms with Crippen LogP contribution in [0.3, 0.4) is 0 Å². The summed E-state index contributed by atoms with van der Waals surface area (Å²) >= 11 is 15.6. The summed E-state index contributed by atoms with van der Waals surface area (Å²) in [5.74, 6) is 0.246. The van der Waals surface area contributed by atoms with Gasteiger partial charge in [-0.05, 0) is 58.6 Å². The van der Waals surface area contributed by atoms with E-state index in [0.717, 1.165) is 22.2 Å². The van der Waals surface area contributed by atoms with Gasteiger partial charge in [-0.3, -0.25) is 14.5 Å². The quantitative estimate of drug-likeness (QED) is 0.573. The van der Waals surface area contributed by atoms with Crippen molar-refractivity contribution in [3.8, 4) is 0 Å². The molecule has 1 unspecified atom stereocenters. The fourth-order valence-electron chi connectivity index (χ4n) is 3.77. The van der Waals surface area contributed by atoms with Crippen molar-refractivity contribution in [3.63, 3.8) is 0 Å². The highest BCUT2D eigenvalue weighted by atomic mass is 79.9. The SMILES string of the molecule is O=C1CCCC2=C1C(c1ccc(Cl)c(Cl)c1)CC(=O)N2c1ccc(Br)cn1. The van der Waals surface area contributed by atoms with Crippen LogP contribution in [0, 0.1) is 0 Å². The van der Waals surface area contributed by atoms with Crippen LogP contribution in [0.5, 0.6) is 0 Å². The molecule has 0 saturated carbocycles. The number of allylic oxidation sites excluding steroid dienone is 2. The van der Waals surface area contributed by atoms with Gasteiger partial charge in [0.25, 0.3) is 0 Å². The number of rotatable bonds is 2. The van der Waals surface area contributed by atoms with E-state index in [0.29, 0.717) is 34.3 Å². The van der Waals surface area contributed by atoms with Crippen LogP contribution < -0.4 is 4.90 Å². The molecule has 4 nitrogen and oxygen atoms in total. The molecule has 1 amide bonds. The Bertz CT molecular complexity index is 972. The molecule has 0 fully saturated rings. The number of aromatic nitrogens is 1. The summed E-state index contributed by atoms with van der Waals surface area (Å²) in [5.41, 5.74) is 2.29. The van der Waals surface area contributed by atoms with E-state index < -0.39 is 0 Å². The predicted molar refractivity (Wildman–Crippen MR) is 109 cm³/mol. The molecular weight excluding hydrogens is 451 g/mol. The minimum absolute atomic E-state index is 0.0747. The number of anilines is 1. The molecule has 4 rings (SSSR count). The lowest BCUT2D eigenvalue weighted by molar-refractivity contribution is -0.120. The van der Waals surface area contributed by atoms with Crippen LogP contribution in [0.4, 0.5) is 5.82 Å². The van der Waals surface area contributed by atoms with Crippen molar-refractivity contribution >= 4 is 56.6 Å². The van der Waals surface area contributed by atoms with E-state index in [2.05, 4.69) is 20.9 Å². The maximum Gasteiger partial charge on any atom is 0.233 e. The molecule has 0 saturated heterocycles. The molecule has 2 aromatic rings. The zero-order valence-corrected chi connectivity index (χ0v) is 17.3. The molecule has 0 bridgehead atoms. The third-order valence-corrected chi connectivity index (χ3v) is 6.17. The van der Waals surface area contributed by atoms with Crippen LogP contribution in [-0.2, 0) is 9.59 Å². The van der Waals surface area contributed by atoms with Crippen molar-refractivity contribution in [1.29, 1.82) is 0 Å². The van der Waals surface area contributed by atoms with Gasteiger partial charge in [-0.25, -0.2) is 4.98 Å². The fraction of sp³-hybridized carbons (Fsp3) is 0.250. The summed E-state index contributed by atoms with van der Waals surface area (Å²) < 4.78 is 0.832. The number of carbonyl (C=O) groups is 2. The fourth-order valence-corrected chi connectivity index (χ4v) is 4.31. The maximum atomic E-state index is 13.0. The van der Waals surface area contributed by atoms with Gasteiger partial charge in [0.1, 0.15) is 5.82 Å². The molecule has 0 spiro atoms. The predicted octanol–water partition coefficient (Wildman–Crippen LogP) is 5.68. The Labute approximate surface area is 175 Å². The van der Waals surface area contributed by atoms with Crippen LogP contribution >= 0.6 is 39.1 Å². The number of halogens is 3.